The normalized spacial score (nSPS) is 18.5. The summed E-state index contributed by atoms with van der Waals surface area (Å²) >= 11 is 8.51. The summed E-state index contributed by atoms with van der Waals surface area (Å²) in [6.45, 7) is 1.54. The van der Waals surface area contributed by atoms with Gasteiger partial charge in [-0.25, -0.2) is 9.69 Å². The highest BCUT2D eigenvalue weighted by atomic mass is 35.5. The lowest BCUT2D eigenvalue weighted by atomic mass is 9.82. The molecule has 2 N–H and O–H groups in total. The summed E-state index contributed by atoms with van der Waals surface area (Å²) in [5.41, 5.74) is 1.58. The van der Waals surface area contributed by atoms with Gasteiger partial charge in [0.2, 0.25) is 11.8 Å². The molecule has 4 aromatic rings. The zero-order valence-electron chi connectivity index (χ0n) is 24.4. The van der Waals surface area contributed by atoms with Crippen LogP contribution >= 0.6 is 34.7 Å². The standard InChI is InChI=1S/C32H26ClN3O8S2/c1-3-43-31(40)16-4-9-19(10-5-16)36-29(38)25-24(26-28(35-32(41)46-26)45-27(25)30(36)39)21-14-17(33)6-13-22(21)44-15-23(37)34-18-7-11-20(42-2)12-8-18/h4-14,24-25,27H,3,15H2,1-2H3,(H,34,37)(H,35,41). The number of thioether (sulfide) groups is 1. The summed E-state index contributed by atoms with van der Waals surface area (Å²) in [6, 6.07) is 17.6. The van der Waals surface area contributed by atoms with Gasteiger partial charge in [-0.15, -0.1) is 0 Å². The molecule has 3 heterocycles. The molecule has 46 heavy (non-hydrogen) atoms. The molecule has 236 valence electrons. The molecular formula is C32H26ClN3O8S2. The number of carbonyl (C=O) groups is 4. The van der Waals surface area contributed by atoms with Crippen LogP contribution in [0, 0.1) is 5.92 Å². The first-order valence-electron chi connectivity index (χ1n) is 14.1. The minimum Gasteiger partial charge on any atom is -0.497 e. The van der Waals surface area contributed by atoms with Crippen molar-refractivity contribution in [2.45, 2.75) is 23.1 Å². The van der Waals surface area contributed by atoms with Crippen LogP contribution in [-0.4, -0.2) is 54.2 Å². The summed E-state index contributed by atoms with van der Waals surface area (Å²) < 4.78 is 16.2. The van der Waals surface area contributed by atoms with Crippen LogP contribution in [0.15, 0.2) is 76.6 Å². The topological polar surface area (TPSA) is 144 Å². The number of imide groups is 1. The van der Waals surface area contributed by atoms with E-state index in [0.29, 0.717) is 37.6 Å². The first-order valence-corrected chi connectivity index (χ1v) is 16.2. The van der Waals surface area contributed by atoms with Crippen molar-refractivity contribution in [2.24, 2.45) is 5.92 Å². The van der Waals surface area contributed by atoms with E-state index >= 15 is 0 Å². The van der Waals surface area contributed by atoms with E-state index < -0.39 is 40.8 Å². The summed E-state index contributed by atoms with van der Waals surface area (Å²) in [5, 5.41) is 2.70. The van der Waals surface area contributed by atoms with Crippen LogP contribution in [0.4, 0.5) is 11.4 Å². The molecule has 2 aliphatic heterocycles. The van der Waals surface area contributed by atoms with Gasteiger partial charge in [-0.05, 0) is 73.7 Å². The van der Waals surface area contributed by atoms with Crippen molar-refractivity contribution < 1.29 is 33.4 Å². The lowest BCUT2D eigenvalue weighted by Gasteiger charge is -2.31. The number of thiazole rings is 1. The molecule has 0 saturated carbocycles. The lowest BCUT2D eigenvalue weighted by Crippen LogP contribution is -2.32. The Morgan fingerprint density at radius 1 is 1.00 bits per heavy atom. The zero-order valence-corrected chi connectivity index (χ0v) is 26.8. The third-order valence-corrected chi connectivity index (χ3v) is 10.1. The van der Waals surface area contributed by atoms with Crippen LogP contribution in [0.25, 0.3) is 0 Å². The number of esters is 1. The maximum Gasteiger partial charge on any atom is 0.338 e. The predicted molar refractivity (Wildman–Crippen MR) is 173 cm³/mol. The van der Waals surface area contributed by atoms with Crippen LogP contribution < -0.4 is 24.6 Å². The second kappa shape index (κ2) is 13.0. The number of nitrogens with one attached hydrogen (secondary N) is 2. The van der Waals surface area contributed by atoms with E-state index in [1.54, 1.807) is 56.5 Å². The molecule has 3 atom stereocenters. The smallest absolute Gasteiger partial charge is 0.338 e. The van der Waals surface area contributed by atoms with E-state index in [0.717, 1.165) is 28.0 Å². The summed E-state index contributed by atoms with van der Waals surface area (Å²) in [5.74, 6) is -2.69. The first-order chi connectivity index (χ1) is 22.2. The van der Waals surface area contributed by atoms with E-state index in [-0.39, 0.29) is 29.4 Å². The van der Waals surface area contributed by atoms with E-state index in [1.165, 1.54) is 24.3 Å². The molecule has 11 nitrogen and oxygen atoms in total. The number of methoxy groups -OCH3 is 1. The van der Waals surface area contributed by atoms with Gasteiger partial charge < -0.3 is 24.5 Å². The van der Waals surface area contributed by atoms with Gasteiger partial charge in [-0.2, -0.15) is 0 Å². The Balaban J connectivity index is 1.31. The van der Waals surface area contributed by atoms with Crippen molar-refractivity contribution in [1.29, 1.82) is 0 Å². The number of aromatic amines is 1. The minimum atomic E-state index is -0.921. The molecule has 0 bridgehead atoms. The number of nitrogens with zero attached hydrogens (tertiary/aromatic N) is 1. The average Bonchev–Trinajstić information content (AvgIpc) is 3.54. The number of fused-ring (bicyclic) bond motifs is 2. The Kier molecular flexibility index (Phi) is 8.89. The van der Waals surface area contributed by atoms with Gasteiger partial charge in [-0.1, -0.05) is 34.7 Å². The molecule has 3 aromatic carbocycles. The van der Waals surface area contributed by atoms with Gasteiger partial charge in [-0.3, -0.25) is 19.2 Å². The number of H-pyrrole nitrogens is 1. The van der Waals surface area contributed by atoms with Gasteiger partial charge >= 0.3 is 10.8 Å². The van der Waals surface area contributed by atoms with E-state index in [2.05, 4.69) is 10.3 Å². The fourth-order valence-electron chi connectivity index (χ4n) is 5.48. The second-order valence-electron chi connectivity index (χ2n) is 10.3. The molecule has 6 rings (SSSR count). The highest BCUT2D eigenvalue weighted by Gasteiger charge is 2.57. The number of hydrogen-bond acceptors (Lipinski definition) is 10. The van der Waals surface area contributed by atoms with Crippen LogP contribution in [-0.2, 0) is 19.1 Å². The quantitative estimate of drug-likeness (QED) is 0.183. The van der Waals surface area contributed by atoms with Gasteiger partial charge in [0.15, 0.2) is 6.61 Å². The number of amides is 3. The Bertz CT molecular complexity index is 1890. The predicted octanol–water partition coefficient (Wildman–Crippen LogP) is 5.09. The van der Waals surface area contributed by atoms with Crippen molar-refractivity contribution >= 4 is 69.8 Å². The SMILES string of the molecule is CCOC(=O)c1ccc(N2C(=O)C3Sc4[nH]c(=O)sc4C(c4cc(Cl)ccc4OCC(=O)Nc4ccc(OC)cc4)C3C2=O)cc1. The Morgan fingerprint density at radius 3 is 2.43 bits per heavy atom. The largest absolute Gasteiger partial charge is 0.497 e. The molecule has 14 heteroatoms. The molecule has 3 unspecified atom stereocenters. The number of benzene rings is 3. The fraction of sp³-hybridized carbons (Fsp3) is 0.219. The third-order valence-electron chi connectivity index (χ3n) is 7.50. The lowest BCUT2D eigenvalue weighted by molar-refractivity contribution is -0.122. The van der Waals surface area contributed by atoms with Crippen molar-refractivity contribution in [2.75, 3.05) is 30.5 Å². The average molecular weight is 680 g/mol. The number of halogens is 1. The minimum absolute atomic E-state index is 0.209. The van der Waals surface area contributed by atoms with Crippen LogP contribution in [0.5, 0.6) is 11.5 Å². The summed E-state index contributed by atoms with van der Waals surface area (Å²) in [6.07, 6.45) is 0. The molecule has 0 aliphatic carbocycles. The maximum atomic E-state index is 14.2. The summed E-state index contributed by atoms with van der Waals surface area (Å²) in [4.78, 5) is 69.6. The van der Waals surface area contributed by atoms with Crippen molar-refractivity contribution in [3.63, 3.8) is 0 Å². The zero-order chi connectivity index (χ0) is 32.5. The van der Waals surface area contributed by atoms with Gasteiger partial charge in [0.25, 0.3) is 5.91 Å². The Morgan fingerprint density at radius 2 is 1.74 bits per heavy atom. The number of carbonyl (C=O) groups excluding carboxylic acids is 4. The van der Waals surface area contributed by atoms with Gasteiger partial charge in [0, 0.05) is 27.1 Å². The monoisotopic (exact) mass is 679 g/mol. The molecule has 2 aliphatic rings. The molecular weight excluding hydrogens is 654 g/mol. The van der Waals surface area contributed by atoms with Crippen molar-refractivity contribution in [3.05, 3.63) is 97.4 Å². The van der Waals surface area contributed by atoms with Crippen molar-refractivity contribution in [3.8, 4) is 11.5 Å². The third kappa shape index (κ3) is 6.00. The maximum absolute atomic E-state index is 14.2. The molecule has 1 saturated heterocycles. The van der Waals surface area contributed by atoms with E-state index in [9.17, 15) is 24.0 Å². The highest BCUT2D eigenvalue weighted by molar-refractivity contribution is 8.00. The highest BCUT2D eigenvalue weighted by Crippen LogP contribution is 2.54. The molecule has 0 radical (unpaired) electrons. The summed E-state index contributed by atoms with van der Waals surface area (Å²) in [7, 11) is 1.55. The van der Waals surface area contributed by atoms with Crippen LogP contribution in [0.2, 0.25) is 5.02 Å². The Hall–Kier alpha value is -4.59. The van der Waals surface area contributed by atoms with E-state index in [4.69, 9.17) is 25.8 Å². The van der Waals surface area contributed by atoms with Crippen LogP contribution in [0.1, 0.15) is 33.6 Å². The number of hydrogen-bond donors (Lipinski definition) is 2. The van der Waals surface area contributed by atoms with Crippen LogP contribution in [0.3, 0.4) is 0 Å². The molecule has 0 spiro atoms. The van der Waals surface area contributed by atoms with Gasteiger partial charge in [0.1, 0.15) is 16.7 Å². The fourth-order valence-corrected chi connectivity index (χ4v) is 8.16. The van der Waals surface area contributed by atoms with E-state index in [1.807, 2.05) is 0 Å². The first kappa shape index (κ1) is 31.4. The second-order valence-corrected chi connectivity index (χ2v) is 12.9. The molecule has 3 amide bonds. The van der Waals surface area contributed by atoms with Crippen molar-refractivity contribution in [1.82, 2.24) is 4.98 Å². The van der Waals surface area contributed by atoms with Gasteiger partial charge in [0.05, 0.1) is 35.9 Å². The number of ether oxygens (including phenoxy) is 3. The number of aromatic nitrogens is 1. The molecule has 1 aromatic heterocycles. The number of anilines is 2. The number of rotatable bonds is 9. The molecule has 1 fully saturated rings. The Labute approximate surface area is 275 Å².